The molecular formula is C24H28N2O2. The number of hydrogen-bond acceptors (Lipinski definition) is 3. The summed E-state index contributed by atoms with van der Waals surface area (Å²) in [6.07, 6.45) is 6.21. The van der Waals surface area contributed by atoms with Gasteiger partial charge < -0.3 is 10.2 Å². The first-order chi connectivity index (χ1) is 13.7. The summed E-state index contributed by atoms with van der Waals surface area (Å²) in [6.45, 7) is 3.08. The van der Waals surface area contributed by atoms with Crippen molar-refractivity contribution in [2.45, 2.75) is 38.1 Å². The maximum absolute atomic E-state index is 12.9. The van der Waals surface area contributed by atoms with Crippen LogP contribution in [0.15, 0.2) is 54.6 Å². The molecule has 0 aromatic heterocycles. The van der Waals surface area contributed by atoms with E-state index >= 15 is 0 Å². The van der Waals surface area contributed by atoms with Gasteiger partial charge in [0.15, 0.2) is 5.78 Å². The van der Waals surface area contributed by atoms with Crippen LogP contribution in [0.2, 0.25) is 0 Å². The Labute approximate surface area is 166 Å². The third kappa shape index (κ3) is 4.02. The van der Waals surface area contributed by atoms with Crippen LogP contribution in [0.4, 0.5) is 0 Å². The van der Waals surface area contributed by atoms with Gasteiger partial charge in [-0.2, -0.15) is 0 Å². The van der Waals surface area contributed by atoms with Crippen molar-refractivity contribution in [3.05, 3.63) is 71.3 Å². The fraction of sp³-hybridized carbons (Fsp3) is 0.417. The number of piperidine rings is 2. The molecule has 2 atom stereocenters. The van der Waals surface area contributed by atoms with Crippen LogP contribution in [0.1, 0.15) is 58.4 Å². The lowest BCUT2D eigenvalue weighted by atomic mass is 9.83. The van der Waals surface area contributed by atoms with Gasteiger partial charge in [-0.3, -0.25) is 9.59 Å². The topological polar surface area (TPSA) is 49.4 Å². The number of carbonyl (C=O) groups excluding carboxylic acids is 2. The number of hydrogen-bond donors (Lipinski definition) is 1. The highest BCUT2D eigenvalue weighted by atomic mass is 16.2. The minimum atomic E-state index is -0.146. The van der Waals surface area contributed by atoms with Gasteiger partial charge in [-0.25, -0.2) is 0 Å². The Morgan fingerprint density at radius 1 is 0.857 bits per heavy atom. The molecule has 0 radical (unpaired) electrons. The Hall–Kier alpha value is -2.46. The molecular weight excluding hydrogens is 348 g/mol. The Balaban J connectivity index is 1.46. The minimum absolute atomic E-state index is 0.109. The molecule has 4 rings (SSSR count). The van der Waals surface area contributed by atoms with E-state index in [9.17, 15) is 9.59 Å². The van der Waals surface area contributed by atoms with E-state index in [2.05, 4.69) is 10.2 Å². The lowest BCUT2D eigenvalue weighted by molar-refractivity contribution is 0.0575. The average molecular weight is 377 g/mol. The molecule has 4 heteroatoms. The normalized spacial score (nSPS) is 22.3. The molecule has 146 valence electrons. The van der Waals surface area contributed by atoms with Gasteiger partial charge >= 0.3 is 0 Å². The van der Waals surface area contributed by atoms with Gasteiger partial charge in [0.25, 0.3) is 5.91 Å². The first-order valence-electron chi connectivity index (χ1n) is 10.4. The molecule has 2 heterocycles. The zero-order valence-corrected chi connectivity index (χ0v) is 16.3. The number of amides is 1. The lowest BCUT2D eigenvalue weighted by Crippen LogP contribution is -2.51. The standard InChI is InChI=1S/C24H28N2O2/c27-23(18-9-2-1-3-10-18)20-12-4-5-13-21(20)24(28)25-17-19-11-8-16-26-15-7-6-14-22(19)26/h1-5,9-10,12-13,19,22H,6-8,11,14-17H2,(H,25,28)/t19-,22-/m0/s1. The lowest BCUT2D eigenvalue weighted by Gasteiger charge is -2.44. The van der Waals surface area contributed by atoms with Crippen molar-refractivity contribution in [1.29, 1.82) is 0 Å². The minimum Gasteiger partial charge on any atom is -0.352 e. The zero-order valence-electron chi connectivity index (χ0n) is 16.3. The van der Waals surface area contributed by atoms with Gasteiger partial charge in [0.05, 0.1) is 5.56 Å². The monoisotopic (exact) mass is 376 g/mol. The summed E-state index contributed by atoms with van der Waals surface area (Å²) in [4.78, 5) is 28.4. The summed E-state index contributed by atoms with van der Waals surface area (Å²) in [6, 6.07) is 16.9. The van der Waals surface area contributed by atoms with E-state index in [4.69, 9.17) is 0 Å². The summed E-state index contributed by atoms with van der Waals surface area (Å²) >= 11 is 0. The Morgan fingerprint density at radius 3 is 2.39 bits per heavy atom. The van der Waals surface area contributed by atoms with Crippen LogP contribution >= 0.6 is 0 Å². The van der Waals surface area contributed by atoms with Crippen molar-refractivity contribution in [1.82, 2.24) is 10.2 Å². The van der Waals surface area contributed by atoms with Gasteiger partial charge in [-0.15, -0.1) is 0 Å². The second-order valence-corrected chi connectivity index (χ2v) is 7.95. The third-order valence-electron chi connectivity index (χ3n) is 6.21. The van der Waals surface area contributed by atoms with Crippen LogP contribution in [-0.2, 0) is 0 Å². The molecule has 2 aliphatic rings. The summed E-state index contributed by atoms with van der Waals surface area (Å²) in [5, 5.41) is 3.13. The molecule has 0 unspecified atom stereocenters. The van der Waals surface area contributed by atoms with Crippen molar-refractivity contribution in [2.75, 3.05) is 19.6 Å². The number of carbonyl (C=O) groups is 2. The van der Waals surface area contributed by atoms with Crippen LogP contribution < -0.4 is 5.32 Å². The molecule has 0 spiro atoms. The third-order valence-corrected chi connectivity index (χ3v) is 6.21. The second kappa shape index (κ2) is 8.70. The van der Waals surface area contributed by atoms with Gasteiger partial charge in [0.2, 0.25) is 0 Å². The molecule has 2 aromatic rings. The number of benzene rings is 2. The molecule has 2 fully saturated rings. The molecule has 0 saturated carbocycles. The van der Waals surface area contributed by atoms with E-state index in [1.165, 1.54) is 45.2 Å². The fourth-order valence-electron chi connectivity index (χ4n) is 4.76. The van der Waals surface area contributed by atoms with Crippen molar-refractivity contribution in [2.24, 2.45) is 5.92 Å². The van der Waals surface area contributed by atoms with Crippen LogP contribution in [0.5, 0.6) is 0 Å². The van der Waals surface area contributed by atoms with Crippen molar-refractivity contribution < 1.29 is 9.59 Å². The number of fused-ring (bicyclic) bond motifs is 1. The molecule has 0 bridgehead atoms. The quantitative estimate of drug-likeness (QED) is 0.805. The number of nitrogens with zero attached hydrogens (tertiary/aromatic N) is 1. The zero-order chi connectivity index (χ0) is 19.3. The summed E-state index contributed by atoms with van der Waals surface area (Å²) in [7, 11) is 0. The van der Waals surface area contributed by atoms with Crippen LogP contribution in [0, 0.1) is 5.92 Å². The van der Waals surface area contributed by atoms with Crippen LogP contribution in [0.25, 0.3) is 0 Å². The molecule has 1 N–H and O–H groups in total. The molecule has 4 nitrogen and oxygen atoms in total. The maximum atomic E-state index is 12.9. The maximum Gasteiger partial charge on any atom is 0.252 e. The molecule has 0 aliphatic carbocycles. The van der Waals surface area contributed by atoms with Gasteiger partial charge in [-0.05, 0) is 50.8 Å². The highest BCUT2D eigenvalue weighted by molar-refractivity contribution is 6.15. The molecule has 28 heavy (non-hydrogen) atoms. The number of ketones is 1. The van der Waals surface area contributed by atoms with Crippen LogP contribution in [0.3, 0.4) is 0 Å². The Bertz CT molecular complexity index is 832. The Kier molecular flexibility index (Phi) is 5.87. The van der Waals surface area contributed by atoms with Crippen LogP contribution in [-0.4, -0.2) is 42.3 Å². The number of nitrogens with one attached hydrogen (secondary N) is 1. The largest absolute Gasteiger partial charge is 0.352 e. The molecule has 2 saturated heterocycles. The van der Waals surface area contributed by atoms with E-state index in [-0.39, 0.29) is 11.7 Å². The SMILES string of the molecule is O=C(NC[C@@H]1CCCN2CCCC[C@@H]12)c1ccccc1C(=O)c1ccccc1. The highest BCUT2D eigenvalue weighted by Crippen LogP contribution is 2.30. The smallest absolute Gasteiger partial charge is 0.252 e. The predicted octanol–water partition coefficient (Wildman–Crippen LogP) is 3.91. The van der Waals surface area contributed by atoms with Crippen molar-refractivity contribution >= 4 is 11.7 Å². The molecule has 1 amide bonds. The second-order valence-electron chi connectivity index (χ2n) is 7.95. The average Bonchev–Trinajstić information content (AvgIpc) is 2.77. The van der Waals surface area contributed by atoms with Gasteiger partial charge in [-0.1, -0.05) is 55.0 Å². The number of rotatable bonds is 5. The molecule has 2 aromatic carbocycles. The van der Waals surface area contributed by atoms with Crippen molar-refractivity contribution in [3.63, 3.8) is 0 Å². The van der Waals surface area contributed by atoms with E-state index in [0.29, 0.717) is 35.2 Å². The van der Waals surface area contributed by atoms with Crippen molar-refractivity contribution in [3.8, 4) is 0 Å². The predicted molar refractivity (Wildman–Crippen MR) is 111 cm³/mol. The summed E-state index contributed by atoms with van der Waals surface area (Å²) < 4.78 is 0. The first-order valence-corrected chi connectivity index (χ1v) is 10.4. The first kappa shape index (κ1) is 18.9. The van der Waals surface area contributed by atoms with Gasteiger partial charge in [0, 0.05) is 23.7 Å². The fourth-order valence-corrected chi connectivity index (χ4v) is 4.76. The van der Waals surface area contributed by atoms with E-state index in [1.54, 1.807) is 24.3 Å². The van der Waals surface area contributed by atoms with E-state index < -0.39 is 0 Å². The Morgan fingerprint density at radius 2 is 1.57 bits per heavy atom. The van der Waals surface area contributed by atoms with E-state index in [1.807, 2.05) is 30.3 Å². The van der Waals surface area contributed by atoms with Gasteiger partial charge in [0.1, 0.15) is 0 Å². The summed E-state index contributed by atoms with van der Waals surface area (Å²) in [5.41, 5.74) is 1.54. The van der Waals surface area contributed by atoms with E-state index in [0.717, 1.165) is 0 Å². The highest BCUT2D eigenvalue weighted by Gasteiger charge is 2.33. The molecule has 2 aliphatic heterocycles. The summed E-state index contributed by atoms with van der Waals surface area (Å²) in [5.74, 6) is 0.255.